The molecule has 5 rings (SSSR count). The summed E-state index contributed by atoms with van der Waals surface area (Å²) in [7, 11) is 0. The van der Waals surface area contributed by atoms with E-state index in [1.807, 2.05) is 54.6 Å². The highest BCUT2D eigenvalue weighted by Gasteiger charge is 2.42. The predicted molar refractivity (Wildman–Crippen MR) is 119 cm³/mol. The van der Waals surface area contributed by atoms with Crippen LogP contribution in [0.3, 0.4) is 0 Å². The minimum atomic E-state index is -0.761. The Morgan fingerprint density at radius 1 is 1.06 bits per heavy atom. The number of benzene rings is 2. The van der Waals surface area contributed by atoms with Crippen molar-refractivity contribution in [1.29, 1.82) is 0 Å². The van der Waals surface area contributed by atoms with Gasteiger partial charge in [0.2, 0.25) is 16.9 Å². The quantitative estimate of drug-likeness (QED) is 0.491. The van der Waals surface area contributed by atoms with Gasteiger partial charge < -0.3 is 0 Å². The van der Waals surface area contributed by atoms with Gasteiger partial charge in [-0.3, -0.25) is 24.4 Å². The first kappa shape index (κ1) is 19.4. The van der Waals surface area contributed by atoms with Crippen molar-refractivity contribution in [1.82, 2.24) is 19.7 Å². The van der Waals surface area contributed by atoms with Crippen LogP contribution < -0.4 is 5.56 Å². The Hall–Kier alpha value is -3.52. The molecule has 3 heterocycles. The molecule has 0 aliphatic carbocycles. The molecule has 0 saturated carbocycles. The standard InChI is InChI=1S/C23H20N4O3S/c1-14-20(22(30)27(25-14)23-24-17-9-5-6-10-18(17)31-23)16-13-19(28)26(21(16)29)12-11-15-7-3-2-4-8-15/h2-10,16,25H,11-13H2,1H3/t16-/m0/s1. The number of nitrogens with zero attached hydrogens (tertiary/aromatic N) is 3. The van der Waals surface area contributed by atoms with Crippen LogP contribution in [0, 0.1) is 6.92 Å². The summed E-state index contributed by atoms with van der Waals surface area (Å²) in [5.41, 5.74) is 2.47. The van der Waals surface area contributed by atoms with Gasteiger partial charge in [0, 0.05) is 18.7 Å². The zero-order chi connectivity index (χ0) is 21.5. The average Bonchev–Trinajstić information content (AvgIpc) is 3.41. The third-order valence-electron chi connectivity index (χ3n) is 5.65. The van der Waals surface area contributed by atoms with Crippen molar-refractivity contribution in [2.75, 3.05) is 6.54 Å². The Bertz CT molecular complexity index is 1320. The first-order chi connectivity index (χ1) is 15.0. The molecular formula is C23H20N4O3S. The Morgan fingerprint density at radius 3 is 2.58 bits per heavy atom. The molecule has 2 aromatic carbocycles. The first-order valence-corrected chi connectivity index (χ1v) is 10.9. The van der Waals surface area contributed by atoms with Crippen molar-refractivity contribution < 1.29 is 9.59 Å². The Morgan fingerprint density at radius 2 is 1.81 bits per heavy atom. The molecule has 2 amide bonds. The summed E-state index contributed by atoms with van der Waals surface area (Å²) in [6, 6.07) is 17.4. The molecule has 8 heteroatoms. The maximum absolute atomic E-state index is 13.2. The number of imide groups is 1. The van der Waals surface area contributed by atoms with Crippen molar-refractivity contribution in [2.24, 2.45) is 0 Å². The van der Waals surface area contributed by atoms with Crippen LogP contribution in [-0.4, -0.2) is 38.0 Å². The molecule has 31 heavy (non-hydrogen) atoms. The van der Waals surface area contributed by atoms with Gasteiger partial charge in [0.25, 0.3) is 5.56 Å². The highest BCUT2D eigenvalue weighted by Crippen LogP contribution is 2.31. The third-order valence-corrected chi connectivity index (χ3v) is 6.67. The first-order valence-electron chi connectivity index (χ1n) is 10.1. The number of nitrogens with one attached hydrogen (secondary N) is 1. The van der Waals surface area contributed by atoms with Crippen LogP contribution in [0.4, 0.5) is 0 Å². The molecule has 0 bridgehead atoms. The van der Waals surface area contributed by atoms with E-state index in [4.69, 9.17) is 0 Å². The Kier molecular flexibility index (Phi) is 4.78. The van der Waals surface area contributed by atoms with Crippen LogP contribution in [0.2, 0.25) is 0 Å². The van der Waals surface area contributed by atoms with Gasteiger partial charge in [0.05, 0.1) is 21.7 Å². The van der Waals surface area contributed by atoms with Crippen molar-refractivity contribution in [3.05, 3.63) is 81.8 Å². The predicted octanol–water partition coefficient (Wildman–Crippen LogP) is 3.17. The summed E-state index contributed by atoms with van der Waals surface area (Å²) < 4.78 is 2.34. The van der Waals surface area contributed by atoms with E-state index in [9.17, 15) is 14.4 Å². The number of fused-ring (bicyclic) bond motifs is 1. The number of aryl methyl sites for hydroxylation is 1. The van der Waals surface area contributed by atoms with Crippen molar-refractivity contribution in [3.8, 4) is 5.13 Å². The Labute approximate surface area is 181 Å². The summed E-state index contributed by atoms with van der Waals surface area (Å²) in [5, 5.41) is 3.56. The van der Waals surface area contributed by atoms with Crippen molar-refractivity contribution in [2.45, 2.75) is 25.7 Å². The molecule has 4 aromatic rings. The monoisotopic (exact) mass is 432 g/mol. The fourth-order valence-electron chi connectivity index (χ4n) is 4.09. The summed E-state index contributed by atoms with van der Waals surface area (Å²) in [6.45, 7) is 2.07. The number of rotatable bonds is 5. The van der Waals surface area contributed by atoms with Crippen LogP contribution in [-0.2, 0) is 16.0 Å². The highest BCUT2D eigenvalue weighted by atomic mass is 32.1. The van der Waals surface area contributed by atoms with Gasteiger partial charge in [0.15, 0.2) is 0 Å². The summed E-state index contributed by atoms with van der Waals surface area (Å²) >= 11 is 1.40. The zero-order valence-electron chi connectivity index (χ0n) is 16.9. The second-order valence-corrected chi connectivity index (χ2v) is 8.64. The van der Waals surface area contributed by atoms with Crippen LogP contribution in [0.1, 0.15) is 29.2 Å². The lowest BCUT2D eigenvalue weighted by molar-refractivity contribution is -0.138. The summed E-state index contributed by atoms with van der Waals surface area (Å²) in [4.78, 5) is 44.7. The van der Waals surface area contributed by atoms with Gasteiger partial charge in [-0.2, -0.15) is 4.68 Å². The maximum Gasteiger partial charge on any atom is 0.277 e. The van der Waals surface area contributed by atoms with E-state index in [-0.39, 0.29) is 23.8 Å². The number of carbonyl (C=O) groups excluding carboxylic acids is 2. The van der Waals surface area contributed by atoms with Crippen LogP contribution in [0.5, 0.6) is 0 Å². The minimum absolute atomic E-state index is 0.0153. The van der Waals surface area contributed by atoms with Crippen LogP contribution >= 0.6 is 11.3 Å². The number of para-hydroxylation sites is 1. The number of H-pyrrole nitrogens is 1. The van der Waals surface area contributed by atoms with Crippen molar-refractivity contribution in [3.63, 3.8) is 0 Å². The fourth-order valence-corrected chi connectivity index (χ4v) is 5.01. The van der Waals surface area contributed by atoms with Crippen LogP contribution in [0.25, 0.3) is 15.3 Å². The lowest BCUT2D eigenvalue weighted by Crippen LogP contribution is -2.33. The van der Waals surface area contributed by atoms with E-state index in [1.165, 1.54) is 20.9 Å². The molecule has 7 nitrogen and oxygen atoms in total. The molecule has 1 aliphatic rings. The number of thiazole rings is 1. The summed E-state index contributed by atoms with van der Waals surface area (Å²) in [5.74, 6) is -1.31. The van der Waals surface area contributed by atoms with Crippen LogP contribution in [0.15, 0.2) is 59.4 Å². The molecule has 1 N–H and O–H groups in total. The molecular weight excluding hydrogens is 412 g/mol. The minimum Gasteiger partial charge on any atom is -0.293 e. The zero-order valence-corrected chi connectivity index (χ0v) is 17.7. The average molecular weight is 433 g/mol. The molecule has 0 unspecified atom stereocenters. The van der Waals surface area contributed by atoms with E-state index in [1.54, 1.807) is 6.92 Å². The molecule has 2 aromatic heterocycles. The second-order valence-electron chi connectivity index (χ2n) is 7.63. The van der Waals surface area contributed by atoms with Gasteiger partial charge in [-0.15, -0.1) is 0 Å². The lowest BCUT2D eigenvalue weighted by atomic mass is 9.98. The number of aromatic amines is 1. The van der Waals surface area contributed by atoms with E-state index in [0.717, 1.165) is 15.8 Å². The second kappa shape index (κ2) is 7.63. The van der Waals surface area contributed by atoms with Gasteiger partial charge >= 0.3 is 0 Å². The number of hydrogen-bond donors (Lipinski definition) is 1. The number of carbonyl (C=O) groups is 2. The number of likely N-dealkylation sites (tertiary alicyclic amines) is 1. The largest absolute Gasteiger partial charge is 0.293 e. The number of aromatic nitrogens is 3. The molecule has 156 valence electrons. The molecule has 1 fully saturated rings. The number of hydrogen-bond acceptors (Lipinski definition) is 5. The normalized spacial score (nSPS) is 16.5. The smallest absolute Gasteiger partial charge is 0.277 e. The number of amides is 2. The topological polar surface area (TPSA) is 88.1 Å². The van der Waals surface area contributed by atoms with Gasteiger partial charge in [-0.1, -0.05) is 53.8 Å². The molecule has 1 aliphatic heterocycles. The molecule has 0 spiro atoms. The van der Waals surface area contributed by atoms with Gasteiger partial charge in [-0.25, -0.2) is 4.98 Å². The molecule has 0 radical (unpaired) electrons. The van der Waals surface area contributed by atoms with Crippen molar-refractivity contribution >= 4 is 33.4 Å². The third kappa shape index (κ3) is 3.38. The van der Waals surface area contributed by atoms with E-state index >= 15 is 0 Å². The van der Waals surface area contributed by atoms with E-state index < -0.39 is 5.92 Å². The molecule has 1 saturated heterocycles. The highest BCUT2D eigenvalue weighted by molar-refractivity contribution is 7.20. The summed E-state index contributed by atoms with van der Waals surface area (Å²) in [6.07, 6.45) is 0.606. The molecule has 1 atom stereocenters. The fraction of sp³-hybridized carbons (Fsp3) is 0.217. The Balaban J connectivity index is 1.43. The van der Waals surface area contributed by atoms with E-state index in [0.29, 0.717) is 29.4 Å². The van der Waals surface area contributed by atoms with E-state index in [2.05, 4.69) is 10.1 Å². The van der Waals surface area contributed by atoms with Gasteiger partial charge in [0.1, 0.15) is 0 Å². The maximum atomic E-state index is 13.2. The SMILES string of the molecule is Cc1[nH]n(-c2nc3ccccc3s2)c(=O)c1[C@@H]1CC(=O)N(CCc2ccccc2)C1=O. The lowest BCUT2D eigenvalue weighted by Gasteiger charge is -2.14. The van der Waals surface area contributed by atoms with Gasteiger partial charge in [-0.05, 0) is 31.0 Å².